The SMILES string of the molecule is CN(C(=N)N)C(=O)c1cc2ccc(NC(=O)c3ccccc3)cc2[nH]1.Cl. The van der Waals surface area contributed by atoms with Crippen LogP contribution in [0.15, 0.2) is 54.6 Å². The van der Waals surface area contributed by atoms with Gasteiger partial charge in [-0.25, -0.2) is 0 Å². The number of aromatic amines is 1. The van der Waals surface area contributed by atoms with Gasteiger partial charge in [-0.2, -0.15) is 0 Å². The minimum atomic E-state index is -0.404. The first-order chi connectivity index (χ1) is 12.0. The van der Waals surface area contributed by atoms with Gasteiger partial charge in [-0.3, -0.25) is 19.9 Å². The van der Waals surface area contributed by atoms with Crippen LogP contribution in [0.4, 0.5) is 5.69 Å². The summed E-state index contributed by atoms with van der Waals surface area (Å²) in [6, 6.07) is 15.9. The lowest BCUT2D eigenvalue weighted by Crippen LogP contribution is -2.38. The van der Waals surface area contributed by atoms with Crippen LogP contribution in [0.2, 0.25) is 0 Å². The molecular formula is C18H18ClN5O2. The molecule has 0 bridgehead atoms. The molecule has 0 aliphatic heterocycles. The third kappa shape index (κ3) is 3.84. The minimum Gasteiger partial charge on any atom is -0.370 e. The van der Waals surface area contributed by atoms with Gasteiger partial charge >= 0.3 is 0 Å². The van der Waals surface area contributed by atoms with Crippen LogP contribution in [-0.4, -0.2) is 34.7 Å². The predicted molar refractivity (Wildman–Crippen MR) is 104 cm³/mol. The van der Waals surface area contributed by atoms with Gasteiger partial charge in [0.1, 0.15) is 5.69 Å². The molecule has 0 aliphatic carbocycles. The van der Waals surface area contributed by atoms with Gasteiger partial charge in [0.05, 0.1) is 0 Å². The van der Waals surface area contributed by atoms with Crippen molar-refractivity contribution in [3.63, 3.8) is 0 Å². The Morgan fingerprint density at radius 1 is 1.12 bits per heavy atom. The quantitative estimate of drug-likeness (QED) is 0.419. The van der Waals surface area contributed by atoms with E-state index in [1.807, 2.05) is 6.07 Å². The lowest BCUT2D eigenvalue weighted by atomic mass is 10.2. The molecular weight excluding hydrogens is 354 g/mol. The first-order valence-electron chi connectivity index (χ1n) is 7.57. The molecule has 0 radical (unpaired) electrons. The molecule has 0 saturated carbocycles. The zero-order valence-electron chi connectivity index (χ0n) is 13.9. The van der Waals surface area contributed by atoms with Gasteiger partial charge in [0.15, 0.2) is 5.96 Å². The fourth-order valence-corrected chi connectivity index (χ4v) is 2.40. The van der Waals surface area contributed by atoms with Crippen molar-refractivity contribution in [1.29, 1.82) is 5.41 Å². The molecule has 2 aromatic carbocycles. The minimum absolute atomic E-state index is 0. The molecule has 5 N–H and O–H groups in total. The molecule has 1 heterocycles. The number of anilines is 1. The van der Waals surface area contributed by atoms with E-state index >= 15 is 0 Å². The van der Waals surface area contributed by atoms with Gasteiger partial charge in [0, 0.05) is 29.2 Å². The molecule has 3 aromatic rings. The number of hydrogen-bond donors (Lipinski definition) is 4. The Bertz CT molecular complexity index is 968. The standard InChI is InChI=1S/C18H17N5O2.ClH/c1-23(18(19)20)17(25)15-9-12-7-8-13(10-14(12)22-15)21-16(24)11-5-3-2-4-6-11;/h2-10,22H,1H3,(H3,19,20)(H,21,24);1H. The zero-order chi connectivity index (χ0) is 18.0. The van der Waals surface area contributed by atoms with Crippen LogP contribution in [0.1, 0.15) is 20.8 Å². The predicted octanol–water partition coefficient (Wildman–Crippen LogP) is 2.81. The maximum absolute atomic E-state index is 12.2. The third-order valence-electron chi connectivity index (χ3n) is 3.81. The number of aromatic nitrogens is 1. The summed E-state index contributed by atoms with van der Waals surface area (Å²) < 4.78 is 0. The summed E-state index contributed by atoms with van der Waals surface area (Å²) in [6.07, 6.45) is 0. The summed E-state index contributed by atoms with van der Waals surface area (Å²) in [7, 11) is 1.43. The molecule has 0 spiro atoms. The van der Waals surface area contributed by atoms with Gasteiger partial charge in [-0.15, -0.1) is 12.4 Å². The molecule has 2 amide bonds. The summed E-state index contributed by atoms with van der Waals surface area (Å²) in [4.78, 5) is 28.5. The number of benzene rings is 2. The number of carbonyl (C=O) groups excluding carboxylic acids is 2. The second-order valence-electron chi connectivity index (χ2n) is 5.55. The number of nitrogens with two attached hydrogens (primary N) is 1. The van der Waals surface area contributed by atoms with Crippen LogP contribution in [0, 0.1) is 5.41 Å². The summed E-state index contributed by atoms with van der Waals surface area (Å²) >= 11 is 0. The number of halogens is 1. The number of nitrogens with one attached hydrogen (secondary N) is 3. The molecule has 0 unspecified atom stereocenters. The Morgan fingerprint density at radius 3 is 2.46 bits per heavy atom. The Balaban J connectivity index is 0.00000243. The first kappa shape index (κ1) is 19.0. The largest absolute Gasteiger partial charge is 0.370 e. The van der Waals surface area contributed by atoms with Crippen molar-refractivity contribution in [3.8, 4) is 0 Å². The fraction of sp³-hybridized carbons (Fsp3) is 0.0556. The lowest BCUT2D eigenvalue weighted by Gasteiger charge is -2.12. The van der Waals surface area contributed by atoms with Gasteiger partial charge in [-0.1, -0.05) is 24.3 Å². The van der Waals surface area contributed by atoms with Crippen LogP contribution >= 0.6 is 12.4 Å². The van der Waals surface area contributed by atoms with Crippen LogP contribution in [-0.2, 0) is 0 Å². The first-order valence-corrected chi connectivity index (χ1v) is 7.57. The number of amides is 2. The third-order valence-corrected chi connectivity index (χ3v) is 3.81. The highest BCUT2D eigenvalue weighted by Gasteiger charge is 2.16. The topological polar surface area (TPSA) is 115 Å². The number of fused-ring (bicyclic) bond motifs is 1. The fourth-order valence-electron chi connectivity index (χ4n) is 2.40. The molecule has 3 rings (SSSR count). The molecule has 26 heavy (non-hydrogen) atoms. The van der Waals surface area contributed by atoms with E-state index in [-0.39, 0.29) is 24.3 Å². The van der Waals surface area contributed by atoms with Crippen molar-refractivity contribution in [1.82, 2.24) is 9.88 Å². The van der Waals surface area contributed by atoms with Crippen LogP contribution in [0.25, 0.3) is 10.9 Å². The summed E-state index contributed by atoms with van der Waals surface area (Å²) in [5.74, 6) is -0.947. The molecule has 0 saturated heterocycles. The van der Waals surface area contributed by atoms with Crippen molar-refractivity contribution in [2.45, 2.75) is 0 Å². The van der Waals surface area contributed by atoms with E-state index in [0.29, 0.717) is 22.5 Å². The van der Waals surface area contributed by atoms with E-state index in [0.717, 1.165) is 10.3 Å². The number of carbonyl (C=O) groups is 2. The number of guanidine groups is 1. The van der Waals surface area contributed by atoms with Gasteiger partial charge < -0.3 is 16.0 Å². The second kappa shape index (κ2) is 7.71. The second-order valence-corrected chi connectivity index (χ2v) is 5.55. The van der Waals surface area contributed by atoms with E-state index in [4.69, 9.17) is 11.1 Å². The highest BCUT2D eigenvalue weighted by atomic mass is 35.5. The Kier molecular flexibility index (Phi) is 5.64. The summed E-state index contributed by atoms with van der Waals surface area (Å²) in [6.45, 7) is 0. The van der Waals surface area contributed by atoms with Gasteiger partial charge in [0.2, 0.25) is 0 Å². The summed E-state index contributed by atoms with van der Waals surface area (Å²) in [5.41, 5.74) is 7.52. The van der Waals surface area contributed by atoms with Crippen molar-refractivity contribution in [2.24, 2.45) is 5.73 Å². The average molecular weight is 372 g/mol. The van der Waals surface area contributed by atoms with Crippen LogP contribution in [0.5, 0.6) is 0 Å². The molecule has 0 fully saturated rings. The molecule has 8 heteroatoms. The lowest BCUT2D eigenvalue weighted by molar-refractivity contribution is 0.0864. The van der Waals surface area contributed by atoms with Crippen molar-refractivity contribution in [2.75, 3.05) is 12.4 Å². The normalized spacial score (nSPS) is 10.0. The molecule has 1 aromatic heterocycles. The Hall–Kier alpha value is -3.32. The van der Waals surface area contributed by atoms with Crippen molar-refractivity contribution in [3.05, 3.63) is 65.9 Å². The van der Waals surface area contributed by atoms with Gasteiger partial charge in [-0.05, 0) is 30.3 Å². The number of nitrogens with zero attached hydrogens (tertiary/aromatic N) is 1. The van der Waals surface area contributed by atoms with Crippen molar-refractivity contribution >= 4 is 46.8 Å². The number of hydrogen-bond acceptors (Lipinski definition) is 3. The van der Waals surface area contributed by atoms with E-state index in [1.165, 1.54) is 7.05 Å². The number of H-pyrrole nitrogens is 1. The van der Waals surface area contributed by atoms with E-state index in [1.54, 1.807) is 48.5 Å². The maximum Gasteiger partial charge on any atom is 0.276 e. The smallest absolute Gasteiger partial charge is 0.276 e. The molecule has 0 aliphatic rings. The Labute approximate surface area is 156 Å². The summed E-state index contributed by atoms with van der Waals surface area (Å²) in [5, 5.41) is 11.0. The molecule has 134 valence electrons. The average Bonchev–Trinajstić information content (AvgIpc) is 3.04. The number of rotatable bonds is 3. The van der Waals surface area contributed by atoms with E-state index < -0.39 is 5.91 Å². The van der Waals surface area contributed by atoms with Crippen LogP contribution in [0.3, 0.4) is 0 Å². The van der Waals surface area contributed by atoms with Gasteiger partial charge in [0.25, 0.3) is 11.8 Å². The van der Waals surface area contributed by atoms with E-state index in [9.17, 15) is 9.59 Å². The monoisotopic (exact) mass is 371 g/mol. The highest BCUT2D eigenvalue weighted by molar-refractivity contribution is 6.07. The van der Waals surface area contributed by atoms with E-state index in [2.05, 4.69) is 10.3 Å². The Morgan fingerprint density at radius 2 is 1.81 bits per heavy atom. The molecule has 7 nitrogen and oxygen atoms in total. The van der Waals surface area contributed by atoms with Crippen molar-refractivity contribution < 1.29 is 9.59 Å². The zero-order valence-corrected chi connectivity index (χ0v) is 14.8. The van der Waals surface area contributed by atoms with Crippen LogP contribution < -0.4 is 11.1 Å². The maximum atomic E-state index is 12.2. The molecule has 0 atom stereocenters. The highest BCUT2D eigenvalue weighted by Crippen LogP contribution is 2.21.